The second-order valence-corrected chi connectivity index (χ2v) is 3.07. The van der Waals surface area contributed by atoms with E-state index in [1.54, 1.807) is 12.4 Å². The maximum absolute atomic E-state index is 11.2. The summed E-state index contributed by atoms with van der Waals surface area (Å²) in [6.45, 7) is 0.476. The number of carbonyl (C=O) groups is 2. The number of esters is 1. The van der Waals surface area contributed by atoms with Gasteiger partial charge in [0.1, 0.15) is 0 Å². The topological polar surface area (TPSA) is 71.2 Å². The first-order valence-corrected chi connectivity index (χ1v) is 4.67. The molecule has 0 fully saturated rings. The van der Waals surface area contributed by atoms with E-state index in [4.69, 9.17) is 0 Å². The quantitative estimate of drug-likeness (QED) is 0.698. The van der Waals surface area contributed by atoms with Crippen molar-refractivity contribution < 1.29 is 14.3 Å². The van der Waals surface area contributed by atoms with Crippen molar-refractivity contribution in [2.24, 2.45) is 0 Å². The molecule has 5 heteroatoms. The minimum absolute atomic E-state index is 0.121. The van der Waals surface area contributed by atoms with Crippen molar-refractivity contribution >= 4 is 11.9 Å². The average Bonchev–Trinajstić information content (AvgIpc) is 2.75. The Labute approximate surface area is 87.8 Å². The second-order valence-electron chi connectivity index (χ2n) is 3.07. The lowest BCUT2D eigenvalue weighted by atomic mass is 10.3. The fourth-order valence-electron chi connectivity index (χ4n) is 1.08. The summed E-state index contributed by atoms with van der Waals surface area (Å²) in [5.74, 6) is -0.520. The molecule has 15 heavy (non-hydrogen) atoms. The summed E-state index contributed by atoms with van der Waals surface area (Å²) in [7, 11) is 1.31. The van der Waals surface area contributed by atoms with Crippen LogP contribution < -0.4 is 5.32 Å². The molecule has 0 radical (unpaired) electrons. The third-order valence-electron chi connectivity index (χ3n) is 1.94. The number of hydrogen-bond acceptors (Lipinski definition) is 3. The minimum Gasteiger partial charge on any atom is -0.469 e. The molecule has 2 N–H and O–H groups in total. The standard InChI is InChI=1S/C10H14N2O3/c1-15-10(14)3-2-9(13)12-7-8-4-5-11-6-8/h4-6,11H,2-3,7H2,1H3,(H,12,13). The number of rotatable bonds is 5. The summed E-state index contributed by atoms with van der Waals surface area (Å²) < 4.78 is 4.43. The minimum atomic E-state index is -0.369. The predicted octanol–water partition coefficient (Wildman–Crippen LogP) is 0.584. The Hall–Kier alpha value is -1.78. The van der Waals surface area contributed by atoms with Crippen LogP contribution in [0.5, 0.6) is 0 Å². The first-order chi connectivity index (χ1) is 7.22. The number of aromatic amines is 1. The van der Waals surface area contributed by atoms with Gasteiger partial charge in [-0.05, 0) is 11.6 Å². The smallest absolute Gasteiger partial charge is 0.306 e. The summed E-state index contributed by atoms with van der Waals surface area (Å²) in [5.41, 5.74) is 1.00. The molecule has 5 nitrogen and oxygen atoms in total. The van der Waals surface area contributed by atoms with Crippen LogP contribution in [-0.4, -0.2) is 24.0 Å². The van der Waals surface area contributed by atoms with Crippen molar-refractivity contribution in [3.05, 3.63) is 24.0 Å². The van der Waals surface area contributed by atoms with Crippen LogP contribution in [0, 0.1) is 0 Å². The zero-order chi connectivity index (χ0) is 11.1. The number of H-pyrrole nitrogens is 1. The van der Waals surface area contributed by atoms with Crippen molar-refractivity contribution in [3.8, 4) is 0 Å². The van der Waals surface area contributed by atoms with Gasteiger partial charge >= 0.3 is 5.97 Å². The zero-order valence-corrected chi connectivity index (χ0v) is 8.58. The third kappa shape index (κ3) is 4.30. The summed E-state index contributed by atoms with van der Waals surface area (Å²) in [6, 6.07) is 1.88. The van der Waals surface area contributed by atoms with Crippen LogP contribution in [0.15, 0.2) is 18.5 Å². The summed E-state index contributed by atoms with van der Waals surface area (Å²) in [4.78, 5) is 24.9. The Morgan fingerprint density at radius 1 is 1.47 bits per heavy atom. The van der Waals surface area contributed by atoms with E-state index in [0.717, 1.165) is 5.56 Å². The molecule has 0 bridgehead atoms. The van der Waals surface area contributed by atoms with Crippen LogP contribution in [0.3, 0.4) is 0 Å². The van der Waals surface area contributed by atoms with E-state index in [2.05, 4.69) is 15.0 Å². The van der Waals surface area contributed by atoms with Gasteiger partial charge in [0.15, 0.2) is 0 Å². The number of ether oxygens (including phenoxy) is 1. The van der Waals surface area contributed by atoms with E-state index in [1.165, 1.54) is 7.11 Å². The fraction of sp³-hybridized carbons (Fsp3) is 0.400. The average molecular weight is 210 g/mol. The highest BCUT2D eigenvalue weighted by atomic mass is 16.5. The lowest BCUT2D eigenvalue weighted by molar-refractivity contribution is -0.142. The highest BCUT2D eigenvalue weighted by Gasteiger charge is 2.06. The molecule has 1 amide bonds. The number of carbonyl (C=O) groups excluding carboxylic acids is 2. The molecule has 0 aromatic carbocycles. The number of nitrogens with one attached hydrogen (secondary N) is 2. The Kier molecular flexibility index (Phi) is 4.40. The largest absolute Gasteiger partial charge is 0.469 e. The van der Waals surface area contributed by atoms with E-state index in [-0.39, 0.29) is 24.7 Å². The van der Waals surface area contributed by atoms with Gasteiger partial charge in [-0.2, -0.15) is 0 Å². The molecule has 1 aromatic rings. The molecule has 0 unspecified atom stereocenters. The van der Waals surface area contributed by atoms with E-state index >= 15 is 0 Å². The maximum atomic E-state index is 11.2. The van der Waals surface area contributed by atoms with Crippen molar-refractivity contribution in [1.29, 1.82) is 0 Å². The number of hydrogen-bond donors (Lipinski definition) is 2. The van der Waals surface area contributed by atoms with Gasteiger partial charge in [0, 0.05) is 25.4 Å². The Morgan fingerprint density at radius 3 is 2.87 bits per heavy atom. The van der Waals surface area contributed by atoms with Crippen molar-refractivity contribution in [2.75, 3.05) is 7.11 Å². The molecule has 0 saturated heterocycles. The van der Waals surface area contributed by atoms with E-state index in [9.17, 15) is 9.59 Å². The normalized spacial score (nSPS) is 9.67. The van der Waals surface area contributed by atoms with Crippen LogP contribution in [0.2, 0.25) is 0 Å². The molecule has 0 saturated carbocycles. The van der Waals surface area contributed by atoms with Crippen LogP contribution in [0.4, 0.5) is 0 Å². The predicted molar refractivity (Wildman–Crippen MR) is 53.9 cm³/mol. The lowest BCUT2D eigenvalue weighted by Gasteiger charge is -2.02. The molecule has 0 spiro atoms. The van der Waals surface area contributed by atoms with Crippen LogP contribution in [-0.2, 0) is 20.9 Å². The number of methoxy groups -OCH3 is 1. The van der Waals surface area contributed by atoms with Crippen molar-refractivity contribution in [2.45, 2.75) is 19.4 Å². The molecule has 0 aliphatic carbocycles. The molecule has 82 valence electrons. The van der Waals surface area contributed by atoms with E-state index in [1.807, 2.05) is 6.07 Å². The van der Waals surface area contributed by atoms with Gasteiger partial charge in [0.2, 0.25) is 5.91 Å². The van der Waals surface area contributed by atoms with Gasteiger partial charge in [-0.1, -0.05) is 0 Å². The highest BCUT2D eigenvalue weighted by molar-refractivity contribution is 5.81. The Bertz CT molecular complexity index is 319. The first kappa shape index (κ1) is 11.3. The number of aromatic nitrogens is 1. The fourth-order valence-corrected chi connectivity index (χ4v) is 1.08. The monoisotopic (exact) mass is 210 g/mol. The van der Waals surface area contributed by atoms with Crippen molar-refractivity contribution in [1.82, 2.24) is 10.3 Å². The molecular formula is C10H14N2O3. The van der Waals surface area contributed by atoms with E-state index in [0.29, 0.717) is 6.54 Å². The lowest BCUT2D eigenvalue weighted by Crippen LogP contribution is -2.23. The molecule has 0 aliphatic rings. The maximum Gasteiger partial charge on any atom is 0.306 e. The van der Waals surface area contributed by atoms with Crippen LogP contribution >= 0.6 is 0 Å². The van der Waals surface area contributed by atoms with Gasteiger partial charge in [-0.15, -0.1) is 0 Å². The van der Waals surface area contributed by atoms with Gasteiger partial charge in [0.25, 0.3) is 0 Å². The number of amides is 1. The summed E-state index contributed by atoms with van der Waals surface area (Å²) in [6.07, 6.45) is 3.88. The summed E-state index contributed by atoms with van der Waals surface area (Å²) in [5, 5.41) is 2.70. The van der Waals surface area contributed by atoms with Crippen LogP contribution in [0.1, 0.15) is 18.4 Å². The molecule has 1 heterocycles. The first-order valence-electron chi connectivity index (χ1n) is 4.67. The molecular weight excluding hydrogens is 196 g/mol. The van der Waals surface area contributed by atoms with Crippen molar-refractivity contribution in [3.63, 3.8) is 0 Å². The second kappa shape index (κ2) is 5.85. The van der Waals surface area contributed by atoms with Gasteiger partial charge in [0.05, 0.1) is 13.5 Å². The third-order valence-corrected chi connectivity index (χ3v) is 1.94. The van der Waals surface area contributed by atoms with Gasteiger partial charge in [-0.3, -0.25) is 9.59 Å². The Balaban J connectivity index is 2.16. The molecule has 0 aliphatic heterocycles. The van der Waals surface area contributed by atoms with Gasteiger partial charge < -0.3 is 15.0 Å². The Morgan fingerprint density at radius 2 is 2.27 bits per heavy atom. The van der Waals surface area contributed by atoms with E-state index < -0.39 is 0 Å². The van der Waals surface area contributed by atoms with Crippen LogP contribution in [0.25, 0.3) is 0 Å². The SMILES string of the molecule is COC(=O)CCC(=O)NCc1cc[nH]c1. The molecule has 1 rings (SSSR count). The summed E-state index contributed by atoms with van der Waals surface area (Å²) >= 11 is 0. The molecule has 1 aromatic heterocycles. The zero-order valence-electron chi connectivity index (χ0n) is 8.58. The molecule has 0 atom stereocenters. The van der Waals surface area contributed by atoms with Gasteiger partial charge in [-0.25, -0.2) is 0 Å². The highest BCUT2D eigenvalue weighted by Crippen LogP contribution is 1.96.